The van der Waals surface area contributed by atoms with E-state index in [2.05, 4.69) is 22.9 Å². The van der Waals surface area contributed by atoms with Crippen LogP contribution in [0.15, 0.2) is 36.7 Å². The molecule has 1 saturated carbocycles. The summed E-state index contributed by atoms with van der Waals surface area (Å²) in [5, 5.41) is 9.18. The maximum Gasteiger partial charge on any atom is 0.144 e. The molecule has 0 saturated heterocycles. The van der Waals surface area contributed by atoms with Crippen LogP contribution in [0.1, 0.15) is 49.7 Å². The summed E-state index contributed by atoms with van der Waals surface area (Å²) in [6.07, 6.45) is 8.11. The van der Waals surface area contributed by atoms with E-state index in [0.29, 0.717) is 12.0 Å². The van der Waals surface area contributed by atoms with E-state index in [4.69, 9.17) is 16.9 Å². The molecular weight excluding hydrogens is 337 g/mol. The smallest absolute Gasteiger partial charge is 0.144 e. The number of anilines is 1. The van der Waals surface area contributed by atoms with Gasteiger partial charge >= 0.3 is 0 Å². The van der Waals surface area contributed by atoms with Gasteiger partial charge in [0.1, 0.15) is 17.4 Å². The van der Waals surface area contributed by atoms with Crippen molar-refractivity contribution in [2.24, 2.45) is 0 Å². The predicted molar refractivity (Wildman–Crippen MR) is 98.4 cm³/mol. The zero-order chi connectivity index (χ0) is 17.8. The van der Waals surface area contributed by atoms with Crippen LogP contribution in [-0.4, -0.2) is 17.6 Å². The Hall–Kier alpha value is -2.12. The van der Waals surface area contributed by atoms with Crippen molar-refractivity contribution in [1.29, 1.82) is 5.26 Å². The number of rotatable bonds is 4. The lowest BCUT2D eigenvalue weighted by Gasteiger charge is -2.38. The van der Waals surface area contributed by atoms with Crippen LogP contribution in [0.5, 0.6) is 0 Å². The topological polar surface area (TPSA) is 39.9 Å². The number of nitrogens with zero attached hydrogens (tertiary/aromatic N) is 3. The summed E-state index contributed by atoms with van der Waals surface area (Å²) >= 11 is 6.10. The maximum atomic E-state index is 14.2. The average molecular weight is 358 g/mol. The van der Waals surface area contributed by atoms with E-state index in [-0.39, 0.29) is 10.6 Å². The SMILES string of the molecule is CCN(c1cc(F)c(C#N)c(Cl)c1)C1CCCC(c2cccnc2)C1. The quantitative estimate of drug-likeness (QED) is 0.745. The van der Waals surface area contributed by atoms with Gasteiger partial charge in [0, 0.05) is 30.7 Å². The van der Waals surface area contributed by atoms with Gasteiger partial charge in [-0.05, 0) is 55.9 Å². The highest BCUT2D eigenvalue weighted by Gasteiger charge is 2.28. The summed E-state index contributed by atoms with van der Waals surface area (Å²) in [6, 6.07) is 9.40. The van der Waals surface area contributed by atoms with E-state index in [1.54, 1.807) is 12.3 Å². The van der Waals surface area contributed by atoms with E-state index in [0.717, 1.165) is 37.9 Å². The maximum absolute atomic E-state index is 14.2. The summed E-state index contributed by atoms with van der Waals surface area (Å²) in [4.78, 5) is 6.45. The van der Waals surface area contributed by atoms with Gasteiger partial charge < -0.3 is 4.90 Å². The highest BCUT2D eigenvalue weighted by Crippen LogP contribution is 2.37. The molecule has 3 nitrogen and oxygen atoms in total. The molecule has 0 aliphatic heterocycles. The normalized spacial score (nSPS) is 20.1. The molecule has 0 spiro atoms. The summed E-state index contributed by atoms with van der Waals surface area (Å²) in [5.41, 5.74) is 1.94. The number of hydrogen-bond donors (Lipinski definition) is 0. The first-order chi connectivity index (χ1) is 12.1. The van der Waals surface area contributed by atoms with Crippen molar-refractivity contribution >= 4 is 17.3 Å². The molecule has 2 atom stereocenters. The van der Waals surface area contributed by atoms with Crippen molar-refractivity contribution in [3.05, 3.63) is 58.6 Å². The van der Waals surface area contributed by atoms with Crippen LogP contribution in [0.4, 0.5) is 10.1 Å². The first-order valence-electron chi connectivity index (χ1n) is 8.69. The van der Waals surface area contributed by atoms with Gasteiger partial charge in [-0.1, -0.05) is 24.1 Å². The second kappa shape index (κ2) is 7.84. The fraction of sp³-hybridized carbons (Fsp3) is 0.400. The molecule has 0 bridgehead atoms. The number of pyridine rings is 1. The van der Waals surface area contributed by atoms with Gasteiger partial charge in [-0.15, -0.1) is 0 Å². The predicted octanol–water partition coefficient (Wildman–Crippen LogP) is 5.30. The number of halogens is 2. The first-order valence-corrected chi connectivity index (χ1v) is 9.07. The third kappa shape index (κ3) is 3.77. The summed E-state index contributed by atoms with van der Waals surface area (Å²) in [5.74, 6) is -0.0803. The second-order valence-electron chi connectivity index (χ2n) is 6.49. The lowest BCUT2D eigenvalue weighted by atomic mass is 9.81. The first kappa shape index (κ1) is 17.7. The fourth-order valence-electron chi connectivity index (χ4n) is 3.85. The Bertz CT molecular complexity index is 749. The van der Waals surface area contributed by atoms with E-state index in [1.165, 1.54) is 11.6 Å². The van der Waals surface area contributed by atoms with Crippen molar-refractivity contribution in [2.45, 2.75) is 44.6 Å². The van der Waals surface area contributed by atoms with Crippen molar-refractivity contribution < 1.29 is 4.39 Å². The molecule has 5 heteroatoms. The molecule has 2 unspecified atom stereocenters. The van der Waals surface area contributed by atoms with Crippen molar-refractivity contribution in [3.63, 3.8) is 0 Å². The summed E-state index contributed by atoms with van der Waals surface area (Å²) in [6.45, 7) is 2.84. The van der Waals surface area contributed by atoms with Crippen molar-refractivity contribution in [2.75, 3.05) is 11.4 Å². The zero-order valence-electron chi connectivity index (χ0n) is 14.3. The van der Waals surface area contributed by atoms with E-state index in [9.17, 15) is 4.39 Å². The van der Waals surface area contributed by atoms with Crippen LogP contribution in [0.3, 0.4) is 0 Å². The van der Waals surface area contributed by atoms with Crippen LogP contribution < -0.4 is 4.90 Å². The molecule has 1 heterocycles. The summed E-state index contributed by atoms with van der Waals surface area (Å²) < 4.78 is 14.2. The van der Waals surface area contributed by atoms with Crippen LogP contribution in [-0.2, 0) is 0 Å². The van der Waals surface area contributed by atoms with Crippen LogP contribution >= 0.6 is 11.6 Å². The largest absolute Gasteiger partial charge is 0.369 e. The Kier molecular flexibility index (Phi) is 5.55. The Morgan fingerprint density at radius 2 is 2.24 bits per heavy atom. The highest BCUT2D eigenvalue weighted by atomic mass is 35.5. The molecule has 3 rings (SSSR count). The van der Waals surface area contributed by atoms with Gasteiger partial charge in [0.05, 0.1) is 5.02 Å². The van der Waals surface area contributed by atoms with E-state index >= 15 is 0 Å². The van der Waals surface area contributed by atoms with Gasteiger partial charge in [-0.25, -0.2) is 4.39 Å². The molecule has 1 aliphatic rings. The molecule has 0 radical (unpaired) electrons. The molecular formula is C20H21ClFN3. The Morgan fingerprint density at radius 3 is 2.88 bits per heavy atom. The van der Waals surface area contributed by atoms with Crippen molar-refractivity contribution in [1.82, 2.24) is 4.98 Å². The number of nitriles is 1. The number of hydrogen-bond acceptors (Lipinski definition) is 3. The molecule has 130 valence electrons. The molecule has 1 aromatic heterocycles. The number of benzene rings is 1. The Balaban J connectivity index is 1.85. The van der Waals surface area contributed by atoms with Gasteiger partial charge in [0.2, 0.25) is 0 Å². The van der Waals surface area contributed by atoms with Crippen LogP contribution in [0.25, 0.3) is 0 Å². The Labute approximate surface area is 153 Å². The van der Waals surface area contributed by atoms with Crippen LogP contribution in [0.2, 0.25) is 5.02 Å². The molecule has 0 N–H and O–H groups in total. The standard InChI is InChI=1S/C20H21ClFN3/c1-2-25(17-10-19(21)18(12-23)20(22)11-17)16-7-3-5-14(9-16)15-6-4-8-24-13-15/h4,6,8,10-11,13-14,16H,2-3,5,7,9H2,1H3. The monoisotopic (exact) mass is 357 g/mol. The van der Waals surface area contributed by atoms with E-state index < -0.39 is 5.82 Å². The summed E-state index contributed by atoms with van der Waals surface area (Å²) in [7, 11) is 0. The third-order valence-corrected chi connectivity index (χ3v) is 5.35. The lowest BCUT2D eigenvalue weighted by Crippen LogP contribution is -2.38. The van der Waals surface area contributed by atoms with Gasteiger partial charge in [0.25, 0.3) is 0 Å². The highest BCUT2D eigenvalue weighted by molar-refractivity contribution is 6.32. The third-order valence-electron chi connectivity index (χ3n) is 5.05. The zero-order valence-corrected chi connectivity index (χ0v) is 15.0. The minimum atomic E-state index is -0.553. The Morgan fingerprint density at radius 1 is 1.40 bits per heavy atom. The second-order valence-corrected chi connectivity index (χ2v) is 6.89. The van der Waals surface area contributed by atoms with Gasteiger partial charge in [-0.2, -0.15) is 5.26 Å². The molecule has 25 heavy (non-hydrogen) atoms. The van der Waals surface area contributed by atoms with Gasteiger partial charge in [0.15, 0.2) is 0 Å². The van der Waals surface area contributed by atoms with Gasteiger partial charge in [-0.3, -0.25) is 4.98 Å². The molecule has 2 aromatic rings. The average Bonchev–Trinajstić information content (AvgIpc) is 2.63. The molecule has 1 aliphatic carbocycles. The minimum absolute atomic E-state index is 0.0849. The minimum Gasteiger partial charge on any atom is -0.369 e. The fourth-order valence-corrected chi connectivity index (χ4v) is 4.10. The molecule has 0 amide bonds. The number of aromatic nitrogens is 1. The van der Waals surface area contributed by atoms with Crippen molar-refractivity contribution in [3.8, 4) is 6.07 Å². The van der Waals surface area contributed by atoms with E-state index in [1.807, 2.05) is 18.3 Å². The lowest BCUT2D eigenvalue weighted by molar-refractivity contribution is 0.375. The van der Waals surface area contributed by atoms with Crippen LogP contribution in [0, 0.1) is 17.1 Å². The molecule has 1 fully saturated rings. The molecule has 1 aromatic carbocycles.